The van der Waals surface area contributed by atoms with Gasteiger partial charge in [0.25, 0.3) is 0 Å². The molecule has 0 spiro atoms. The van der Waals surface area contributed by atoms with Gasteiger partial charge < -0.3 is 11.1 Å². The molecule has 0 saturated carbocycles. The Morgan fingerprint density at radius 2 is 2.00 bits per heavy atom. The predicted octanol–water partition coefficient (Wildman–Crippen LogP) is 2.75. The van der Waals surface area contributed by atoms with E-state index in [1.54, 1.807) is 0 Å². The molecule has 0 bridgehead atoms. The van der Waals surface area contributed by atoms with E-state index in [0.717, 1.165) is 42.9 Å². The van der Waals surface area contributed by atoms with Gasteiger partial charge in [0.2, 0.25) is 0 Å². The summed E-state index contributed by atoms with van der Waals surface area (Å²) >= 11 is 0. The molecule has 5 nitrogen and oxygen atoms in total. The summed E-state index contributed by atoms with van der Waals surface area (Å²) in [7, 11) is 0. The van der Waals surface area contributed by atoms with E-state index in [-0.39, 0.29) is 0 Å². The second-order valence-electron chi connectivity index (χ2n) is 5.77. The normalized spacial score (nSPS) is 11.7. The SMILES string of the molecule is CCCCNC(N)=NCc1c(C)nn(Cc2ccccc2)c1C. The number of nitrogens with two attached hydrogens (primary N) is 1. The number of nitrogens with one attached hydrogen (secondary N) is 1. The number of nitrogens with zero attached hydrogens (tertiary/aromatic N) is 3. The number of benzene rings is 1. The largest absolute Gasteiger partial charge is 0.370 e. The van der Waals surface area contributed by atoms with Crippen molar-refractivity contribution >= 4 is 5.96 Å². The van der Waals surface area contributed by atoms with E-state index in [2.05, 4.69) is 53.5 Å². The van der Waals surface area contributed by atoms with Crippen LogP contribution in [0.15, 0.2) is 35.3 Å². The summed E-state index contributed by atoms with van der Waals surface area (Å²) in [6.45, 7) is 8.49. The molecule has 0 unspecified atom stereocenters. The summed E-state index contributed by atoms with van der Waals surface area (Å²) in [5.74, 6) is 0.507. The molecule has 23 heavy (non-hydrogen) atoms. The van der Waals surface area contributed by atoms with Crippen LogP contribution in [0.5, 0.6) is 0 Å². The topological polar surface area (TPSA) is 68.2 Å². The first-order valence-corrected chi connectivity index (χ1v) is 8.22. The molecule has 0 atom stereocenters. The van der Waals surface area contributed by atoms with Gasteiger partial charge >= 0.3 is 0 Å². The molecular formula is C18H27N5. The van der Waals surface area contributed by atoms with Crippen molar-refractivity contribution in [1.29, 1.82) is 0 Å². The monoisotopic (exact) mass is 313 g/mol. The summed E-state index contributed by atoms with van der Waals surface area (Å²) in [6, 6.07) is 10.4. The van der Waals surface area contributed by atoms with E-state index in [4.69, 9.17) is 5.73 Å². The molecule has 1 aromatic heterocycles. The molecule has 1 heterocycles. The van der Waals surface area contributed by atoms with Crippen LogP contribution in [0.3, 0.4) is 0 Å². The smallest absolute Gasteiger partial charge is 0.188 e. The minimum Gasteiger partial charge on any atom is -0.370 e. The first-order chi connectivity index (χ1) is 11.1. The number of unbranched alkanes of at least 4 members (excludes halogenated alkanes) is 1. The Morgan fingerprint density at radius 1 is 1.26 bits per heavy atom. The molecule has 0 fully saturated rings. The number of aliphatic imine (C=N–C) groups is 1. The van der Waals surface area contributed by atoms with Crippen LogP contribution in [0.1, 0.15) is 42.3 Å². The minimum absolute atomic E-state index is 0.507. The summed E-state index contributed by atoms with van der Waals surface area (Å²) in [4.78, 5) is 4.44. The lowest BCUT2D eigenvalue weighted by atomic mass is 10.2. The molecule has 0 aliphatic heterocycles. The molecular weight excluding hydrogens is 286 g/mol. The number of hydrogen-bond donors (Lipinski definition) is 2. The molecule has 0 aliphatic rings. The van der Waals surface area contributed by atoms with Gasteiger partial charge in [-0.25, -0.2) is 4.99 Å². The van der Waals surface area contributed by atoms with Crippen LogP contribution < -0.4 is 11.1 Å². The van der Waals surface area contributed by atoms with Gasteiger partial charge in [-0.1, -0.05) is 43.7 Å². The number of hydrogen-bond acceptors (Lipinski definition) is 2. The first kappa shape index (κ1) is 17.1. The average molecular weight is 313 g/mol. The maximum atomic E-state index is 5.90. The Labute approximate surface area is 138 Å². The Kier molecular flexibility index (Phi) is 6.20. The van der Waals surface area contributed by atoms with Gasteiger partial charge in [-0.3, -0.25) is 4.68 Å². The van der Waals surface area contributed by atoms with Gasteiger partial charge in [0, 0.05) is 17.8 Å². The Balaban J connectivity index is 2.04. The minimum atomic E-state index is 0.507. The fourth-order valence-corrected chi connectivity index (χ4v) is 2.49. The van der Waals surface area contributed by atoms with E-state index in [1.165, 1.54) is 5.56 Å². The maximum Gasteiger partial charge on any atom is 0.188 e. The van der Waals surface area contributed by atoms with Crippen LogP contribution >= 0.6 is 0 Å². The van der Waals surface area contributed by atoms with Crippen molar-refractivity contribution < 1.29 is 0 Å². The average Bonchev–Trinajstić information content (AvgIpc) is 2.80. The maximum absolute atomic E-state index is 5.90. The molecule has 0 radical (unpaired) electrons. The summed E-state index contributed by atoms with van der Waals surface area (Å²) in [5, 5.41) is 7.78. The number of aryl methyl sites for hydroxylation is 1. The fraction of sp³-hybridized carbons (Fsp3) is 0.444. The zero-order chi connectivity index (χ0) is 16.7. The van der Waals surface area contributed by atoms with Gasteiger partial charge in [-0.15, -0.1) is 0 Å². The van der Waals surface area contributed by atoms with E-state index in [9.17, 15) is 0 Å². The van der Waals surface area contributed by atoms with Crippen molar-refractivity contribution in [2.24, 2.45) is 10.7 Å². The van der Waals surface area contributed by atoms with Crippen molar-refractivity contribution in [3.05, 3.63) is 52.8 Å². The molecule has 0 aliphatic carbocycles. The van der Waals surface area contributed by atoms with Crippen molar-refractivity contribution in [1.82, 2.24) is 15.1 Å². The zero-order valence-corrected chi connectivity index (χ0v) is 14.3. The highest BCUT2D eigenvalue weighted by molar-refractivity contribution is 5.77. The summed E-state index contributed by atoms with van der Waals surface area (Å²) < 4.78 is 2.04. The summed E-state index contributed by atoms with van der Waals surface area (Å²) in [6.07, 6.45) is 2.24. The van der Waals surface area contributed by atoms with Crippen molar-refractivity contribution in [3.8, 4) is 0 Å². The Bertz CT molecular complexity index is 643. The zero-order valence-electron chi connectivity index (χ0n) is 14.3. The van der Waals surface area contributed by atoms with Crippen molar-refractivity contribution in [3.63, 3.8) is 0 Å². The first-order valence-electron chi connectivity index (χ1n) is 8.22. The van der Waals surface area contributed by atoms with Gasteiger partial charge in [0.1, 0.15) is 0 Å². The molecule has 124 valence electrons. The molecule has 0 saturated heterocycles. The van der Waals surface area contributed by atoms with Crippen molar-refractivity contribution in [2.75, 3.05) is 6.54 Å². The van der Waals surface area contributed by atoms with Crippen molar-refractivity contribution in [2.45, 2.75) is 46.7 Å². The second kappa shape index (κ2) is 8.36. The van der Waals surface area contributed by atoms with Gasteiger partial charge in [-0.2, -0.15) is 5.10 Å². The number of guanidine groups is 1. The quantitative estimate of drug-likeness (QED) is 0.469. The standard InChI is InChI=1S/C18H27N5/c1-4-5-11-20-18(19)21-12-17-14(2)22-23(15(17)3)13-16-9-7-6-8-10-16/h6-10H,4-5,11-13H2,1-3H3,(H3,19,20,21). The predicted molar refractivity (Wildman–Crippen MR) is 95.5 cm³/mol. The third-order valence-electron chi connectivity index (χ3n) is 3.95. The van der Waals surface area contributed by atoms with E-state index >= 15 is 0 Å². The molecule has 3 N–H and O–H groups in total. The molecule has 0 amide bonds. The highest BCUT2D eigenvalue weighted by atomic mass is 15.3. The molecule has 2 rings (SSSR count). The van der Waals surface area contributed by atoms with Crippen LogP contribution in [0, 0.1) is 13.8 Å². The van der Waals surface area contributed by atoms with E-state index in [0.29, 0.717) is 12.5 Å². The van der Waals surface area contributed by atoms with E-state index in [1.807, 2.05) is 17.7 Å². The summed E-state index contributed by atoms with van der Waals surface area (Å²) in [5.41, 5.74) is 10.5. The van der Waals surface area contributed by atoms with Gasteiger partial charge in [0.15, 0.2) is 5.96 Å². The number of rotatable bonds is 7. The highest BCUT2D eigenvalue weighted by Gasteiger charge is 2.11. The third-order valence-corrected chi connectivity index (χ3v) is 3.95. The lowest BCUT2D eigenvalue weighted by molar-refractivity contribution is 0.658. The third kappa shape index (κ3) is 4.84. The van der Waals surface area contributed by atoms with Gasteiger partial charge in [-0.05, 0) is 25.8 Å². The molecule has 2 aromatic rings. The second-order valence-corrected chi connectivity index (χ2v) is 5.77. The Morgan fingerprint density at radius 3 is 2.70 bits per heavy atom. The highest BCUT2D eigenvalue weighted by Crippen LogP contribution is 2.15. The Hall–Kier alpha value is -2.30. The van der Waals surface area contributed by atoms with Crippen LogP contribution in [0.4, 0.5) is 0 Å². The van der Waals surface area contributed by atoms with Crippen LogP contribution in [0.2, 0.25) is 0 Å². The fourth-order valence-electron chi connectivity index (χ4n) is 2.49. The number of aromatic nitrogens is 2. The van der Waals surface area contributed by atoms with E-state index < -0.39 is 0 Å². The molecule has 5 heteroatoms. The van der Waals surface area contributed by atoms with Gasteiger partial charge in [0.05, 0.1) is 18.8 Å². The molecule has 1 aromatic carbocycles. The van der Waals surface area contributed by atoms with Crippen LogP contribution in [-0.4, -0.2) is 22.3 Å². The lowest BCUT2D eigenvalue weighted by Crippen LogP contribution is -2.32. The lowest BCUT2D eigenvalue weighted by Gasteiger charge is -2.06. The van der Waals surface area contributed by atoms with Crippen LogP contribution in [0.25, 0.3) is 0 Å². The van der Waals surface area contributed by atoms with Crippen LogP contribution in [-0.2, 0) is 13.1 Å².